The van der Waals surface area contributed by atoms with Gasteiger partial charge in [0.2, 0.25) is 0 Å². The summed E-state index contributed by atoms with van der Waals surface area (Å²) >= 11 is 0. The van der Waals surface area contributed by atoms with Crippen LogP contribution in [0.4, 0.5) is 13.2 Å². The van der Waals surface area contributed by atoms with Crippen molar-refractivity contribution in [1.82, 2.24) is 4.90 Å². The molecule has 2 aromatic carbocycles. The van der Waals surface area contributed by atoms with Gasteiger partial charge in [-0.3, -0.25) is 4.79 Å². The molecule has 0 spiro atoms. The molecule has 0 saturated carbocycles. The van der Waals surface area contributed by atoms with Gasteiger partial charge in [0, 0.05) is 29.3 Å². The van der Waals surface area contributed by atoms with Gasteiger partial charge in [-0.1, -0.05) is 12.1 Å². The van der Waals surface area contributed by atoms with Gasteiger partial charge in [0.25, 0.3) is 5.91 Å². The molecule has 0 saturated heterocycles. The van der Waals surface area contributed by atoms with Crippen LogP contribution in [0.3, 0.4) is 0 Å². The molecule has 0 radical (unpaired) electrons. The fourth-order valence-electron chi connectivity index (χ4n) is 4.82. The Bertz CT molecular complexity index is 1170. The maximum absolute atomic E-state index is 13.7. The van der Waals surface area contributed by atoms with Crippen molar-refractivity contribution in [3.05, 3.63) is 64.2 Å². The number of carbonyl (C=O) groups excluding carboxylic acids is 1. The first kappa shape index (κ1) is 24.4. The van der Waals surface area contributed by atoms with Crippen LogP contribution >= 0.6 is 0 Å². The van der Waals surface area contributed by atoms with Crippen LogP contribution in [0.2, 0.25) is 0 Å². The van der Waals surface area contributed by atoms with Gasteiger partial charge >= 0.3 is 12.3 Å². The van der Waals surface area contributed by atoms with Gasteiger partial charge in [-0.2, -0.15) is 0 Å². The van der Waals surface area contributed by atoms with Gasteiger partial charge in [-0.15, -0.1) is 13.2 Å². The molecule has 0 fully saturated rings. The predicted molar refractivity (Wildman–Crippen MR) is 118 cm³/mol. The molecule has 1 amide bonds. The summed E-state index contributed by atoms with van der Waals surface area (Å²) < 4.78 is 53.8. The lowest BCUT2D eigenvalue weighted by molar-refractivity contribution is -0.274. The maximum Gasteiger partial charge on any atom is 0.573 e. The standard InChI is InChI=1S/C25H24F3NO6/c1-33-17-11-14-9-10-29(23(30)18-7-4-8-19(18)24(31)32)22(21(14)20(13-17)34-2)15-5-3-6-16(12-15)35-25(26,27)28/h3,5-6,11-13,22H,4,7-10H2,1-2H3,(H,31,32). The Labute approximate surface area is 199 Å². The first-order valence-electron chi connectivity index (χ1n) is 11.0. The molecule has 1 N–H and O–H groups in total. The lowest BCUT2D eigenvalue weighted by Gasteiger charge is -2.39. The van der Waals surface area contributed by atoms with Crippen molar-refractivity contribution >= 4 is 11.9 Å². The molecule has 35 heavy (non-hydrogen) atoms. The maximum atomic E-state index is 13.7. The molecule has 0 bridgehead atoms. The summed E-state index contributed by atoms with van der Waals surface area (Å²) in [6, 6.07) is 8.06. The Kier molecular flexibility index (Phi) is 6.64. The van der Waals surface area contributed by atoms with Gasteiger partial charge in [0.1, 0.15) is 17.2 Å². The number of carboxylic acids is 1. The predicted octanol–water partition coefficient (Wildman–Crippen LogP) is 4.64. The fourth-order valence-corrected chi connectivity index (χ4v) is 4.82. The number of hydrogen-bond donors (Lipinski definition) is 1. The second-order valence-electron chi connectivity index (χ2n) is 8.29. The van der Waals surface area contributed by atoms with E-state index in [1.54, 1.807) is 18.2 Å². The number of fused-ring (bicyclic) bond motifs is 1. The molecular weight excluding hydrogens is 467 g/mol. The number of alkyl halides is 3. The van der Waals surface area contributed by atoms with Gasteiger partial charge in [-0.25, -0.2) is 4.79 Å². The van der Waals surface area contributed by atoms with Crippen LogP contribution in [-0.2, 0) is 16.0 Å². The summed E-state index contributed by atoms with van der Waals surface area (Å²) in [4.78, 5) is 26.9. The van der Waals surface area contributed by atoms with Gasteiger partial charge in [0.05, 0.1) is 20.3 Å². The zero-order valence-corrected chi connectivity index (χ0v) is 19.1. The van der Waals surface area contributed by atoms with E-state index in [9.17, 15) is 27.9 Å². The molecule has 10 heteroatoms. The Hall–Kier alpha value is -3.69. The number of methoxy groups -OCH3 is 2. The zero-order valence-electron chi connectivity index (χ0n) is 19.1. The van der Waals surface area contributed by atoms with Crippen molar-refractivity contribution in [3.8, 4) is 17.2 Å². The topological polar surface area (TPSA) is 85.3 Å². The summed E-state index contributed by atoms with van der Waals surface area (Å²) in [5.74, 6) is -1.06. The molecule has 186 valence electrons. The average molecular weight is 491 g/mol. The normalized spacial score (nSPS) is 17.7. The lowest BCUT2D eigenvalue weighted by atomic mass is 9.86. The molecule has 1 aliphatic carbocycles. The van der Waals surface area contributed by atoms with E-state index in [1.165, 1.54) is 37.3 Å². The van der Waals surface area contributed by atoms with Crippen molar-refractivity contribution in [3.63, 3.8) is 0 Å². The molecule has 0 aromatic heterocycles. The number of amides is 1. The van der Waals surface area contributed by atoms with Crippen LogP contribution in [-0.4, -0.2) is 49.0 Å². The van der Waals surface area contributed by atoms with Gasteiger partial charge in [0.15, 0.2) is 0 Å². The summed E-state index contributed by atoms with van der Waals surface area (Å²) in [7, 11) is 2.97. The lowest BCUT2D eigenvalue weighted by Crippen LogP contribution is -2.41. The second-order valence-corrected chi connectivity index (χ2v) is 8.29. The van der Waals surface area contributed by atoms with Crippen molar-refractivity contribution in [2.45, 2.75) is 38.1 Å². The van der Waals surface area contributed by atoms with Crippen molar-refractivity contribution in [1.29, 1.82) is 0 Å². The van der Waals surface area contributed by atoms with Crippen molar-refractivity contribution in [2.75, 3.05) is 20.8 Å². The van der Waals surface area contributed by atoms with E-state index in [-0.39, 0.29) is 17.7 Å². The average Bonchev–Trinajstić information content (AvgIpc) is 3.31. The largest absolute Gasteiger partial charge is 0.573 e. The summed E-state index contributed by atoms with van der Waals surface area (Å²) in [6.45, 7) is 0.230. The van der Waals surface area contributed by atoms with Gasteiger partial charge < -0.3 is 24.2 Å². The van der Waals surface area contributed by atoms with Crippen molar-refractivity contribution in [2.24, 2.45) is 0 Å². The first-order valence-corrected chi connectivity index (χ1v) is 11.0. The molecule has 2 aliphatic rings. The number of carboxylic acid groups (broad SMARTS) is 1. The third-order valence-corrected chi connectivity index (χ3v) is 6.27. The highest BCUT2D eigenvalue weighted by atomic mass is 19.4. The van der Waals surface area contributed by atoms with E-state index in [2.05, 4.69) is 4.74 Å². The quantitative estimate of drug-likeness (QED) is 0.634. The second kappa shape index (κ2) is 9.52. The minimum atomic E-state index is -4.88. The van der Waals surface area contributed by atoms with Crippen LogP contribution < -0.4 is 14.2 Å². The van der Waals surface area contributed by atoms with E-state index in [1.807, 2.05) is 0 Å². The van der Waals surface area contributed by atoms with E-state index < -0.39 is 30.0 Å². The number of hydrogen-bond acceptors (Lipinski definition) is 5. The number of aliphatic carboxylic acids is 1. The number of benzene rings is 2. The van der Waals surface area contributed by atoms with E-state index >= 15 is 0 Å². The summed E-state index contributed by atoms with van der Waals surface area (Å²) in [5.41, 5.74) is 2.10. The van der Waals surface area contributed by atoms with E-state index in [0.717, 1.165) is 5.56 Å². The molecule has 2 aromatic rings. The van der Waals surface area contributed by atoms with Gasteiger partial charge in [-0.05, 0) is 55.0 Å². The van der Waals surface area contributed by atoms with Crippen molar-refractivity contribution < 1.29 is 42.1 Å². The SMILES string of the molecule is COc1cc2c(c(OC)c1)C(c1cccc(OC(F)(F)F)c1)N(C(=O)C1=C(C(=O)O)CCC1)CC2. The monoisotopic (exact) mass is 491 g/mol. The Morgan fingerprint density at radius 2 is 1.74 bits per heavy atom. The smallest absolute Gasteiger partial charge is 0.497 e. The summed E-state index contributed by atoms with van der Waals surface area (Å²) in [6.07, 6.45) is -3.28. The Morgan fingerprint density at radius 3 is 2.40 bits per heavy atom. The van der Waals surface area contributed by atoms with Crippen LogP contribution in [0.15, 0.2) is 47.5 Å². The van der Waals surface area contributed by atoms with Crippen LogP contribution in [0, 0.1) is 0 Å². The van der Waals surface area contributed by atoms with Crippen LogP contribution in [0.5, 0.6) is 17.2 Å². The first-order chi connectivity index (χ1) is 16.6. The fraction of sp³-hybridized carbons (Fsp3) is 0.360. The third kappa shape index (κ3) is 4.91. The number of carbonyl (C=O) groups is 2. The molecule has 1 aliphatic heterocycles. The highest BCUT2D eigenvalue weighted by molar-refractivity contribution is 6.03. The van der Waals surface area contributed by atoms with E-state index in [0.29, 0.717) is 48.3 Å². The molecule has 1 unspecified atom stereocenters. The number of halogens is 3. The van der Waals surface area contributed by atoms with Crippen LogP contribution in [0.1, 0.15) is 42.0 Å². The van der Waals surface area contributed by atoms with Crippen LogP contribution in [0.25, 0.3) is 0 Å². The molecule has 7 nitrogen and oxygen atoms in total. The number of rotatable bonds is 6. The molecule has 4 rings (SSSR count). The third-order valence-electron chi connectivity index (χ3n) is 6.27. The van der Waals surface area contributed by atoms with E-state index in [4.69, 9.17) is 9.47 Å². The summed E-state index contributed by atoms with van der Waals surface area (Å²) in [5, 5.41) is 9.57. The highest BCUT2D eigenvalue weighted by Crippen LogP contribution is 2.45. The highest BCUT2D eigenvalue weighted by Gasteiger charge is 2.39. The number of nitrogens with zero attached hydrogens (tertiary/aromatic N) is 1. The number of ether oxygens (including phenoxy) is 3. The molecule has 1 heterocycles. The zero-order chi connectivity index (χ0) is 25.3. The minimum absolute atomic E-state index is 0.0791. The minimum Gasteiger partial charge on any atom is -0.497 e. The Morgan fingerprint density at radius 1 is 1.00 bits per heavy atom. The molecule has 1 atom stereocenters. The molecular formula is C25H24F3NO6. The Balaban J connectivity index is 1.87.